The first kappa shape index (κ1) is 11.6. The minimum atomic E-state index is -0.244. The lowest BCUT2D eigenvalue weighted by Gasteiger charge is -2.21. The smallest absolute Gasteiger partial charge is 0.139 e. The van der Waals surface area contributed by atoms with Crippen molar-refractivity contribution < 1.29 is 4.79 Å². The summed E-state index contributed by atoms with van der Waals surface area (Å²) in [7, 11) is 0. The highest BCUT2D eigenvalue weighted by Gasteiger charge is 2.23. The highest BCUT2D eigenvalue weighted by molar-refractivity contribution is 5.84. The minimum absolute atomic E-state index is 0.0109. The molecule has 1 atom stereocenters. The van der Waals surface area contributed by atoms with Gasteiger partial charge in [-0.05, 0) is 5.92 Å². The minimum Gasteiger partial charge on any atom is -0.327 e. The second kappa shape index (κ2) is 4.04. The molecule has 0 aliphatic carbocycles. The summed E-state index contributed by atoms with van der Waals surface area (Å²) >= 11 is 0. The van der Waals surface area contributed by atoms with Gasteiger partial charge in [0, 0.05) is 17.9 Å². The molecule has 0 spiro atoms. The molecule has 2 heteroatoms. The van der Waals surface area contributed by atoms with E-state index in [4.69, 9.17) is 5.73 Å². The van der Waals surface area contributed by atoms with Crippen LogP contribution in [0.1, 0.15) is 41.0 Å². The molecule has 72 valence electrons. The Morgan fingerprint density at radius 1 is 1.33 bits per heavy atom. The van der Waals surface area contributed by atoms with Gasteiger partial charge in [0.25, 0.3) is 0 Å². The molecule has 0 bridgehead atoms. The number of carbonyl (C=O) groups is 1. The van der Waals surface area contributed by atoms with E-state index in [1.165, 1.54) is 0 Å². The first-order valence-electron chi connectivity index (χ1n) is 4.54. The van der Waals surface area contributed by atoms with Crippen LogP contribution in [-0.4, -0.2) is 11.8 Å². The highest BCUT2D eigenvalue weighted by Crippen LogP contribution is 2.18. The maximum Gasteiger partial charge on any atom is 0.139 e. The first-order valence-corrected chi connectivity index (χ1v) is 4.54. The fourth-order valence-electron chi connectivity index (χ4n) is 0.756. The Labute approximate surface area is 75.5 Å². The molecule has 12 heavy (non-hydrogen) atoms. The van der Waals surface area contributed by atoms with Gasteiger partial charge in [-0.15, -0.1) is 0 Å². The summed E-state index contributed by atoms with van der Waals surface area (Å²) in [4.78, 5) is 11.5. The third kappa shape index (κ3) is 3.86. The summed E-state index contributed by atoms with van der Waals surface area (Å²) in [6.45, 7) is 9.88. The van der Waals surface area contributed by atoms with Crippen LogP contribution in [0.25, 0.3) is 0 Å². The standard InChI is InChI=1S/C10H21NO/c1-7(2)8(11)6-9(12)10(3,4)5/h7-8H,6,11H2,1-5H3/t8-/m1/s1. The fraction of sp³-hybridized carbons (Fsp3) is 0.900. The third-order valence-electron chi connectivity index (χ3n) is 2.11. The van der Waals surface area contributed by atoms with Gasteiger partial charge >= 0.3 is 0 Å². The van der Waals surface area contributed by atoms with Crippen LogP contribution >= 0.6 is 0 Å². The molecular formula is C10H21NO. The van der Waals surface area contributed by atoms with E-state index in [-0.39, 0.29) is 17.2 Å². The number of hydrogen-bond donors (Lipinski definition) is 1. The summed E-state index contributed by atoms with van der Waals surface area (Å²) in [5, 5.41) is 0. The molecule has 0 saturated heterocycles. The van der Waals surface area contributed by atoms with E-state index >= 15 is 0 Å². The summed E-state index contributed by atoms with van der Waals surface area (Å²) in [6, 6.07) is 0.0109. The highest BCUT2D eigenvalue weighted by atomic mass is 16.1. The van der Waals surface area contributed by atoms with E-state index < -0.39 is 0 Å². The molecule has 0 fully saturated rings. The zero-order valence-corrected chi connectivity index (χ0v) is 8.85. The molecule has 0 rings (SSSR count). The van der Waals surface area contributed by atoms with Crippen LogP contribution in [0.5, 0.6) is 0 Å². The molecular weight excluding hydrogens is 150 g/mol. The molecule has 0 radical (unpaired) electrons. The van der Waals surface area contributed by atoms with Gasteiger partial charge in [0.1, 0.15) is 5.78 Å². The van der Waals surface area contributed by atoms with Gasteiger partial charge < -0.3 is 5.73 Å². The van der Waals surface area contributed by atoms with Crippen molar-refractivity contribution in [3.8, 4) is 0 Å². The zero-order valence-electron chi connectivity index (χ0n) is 8.85. The Kier molecular flexibility index (Phi) is 3.91. The SMILES string of the molecule is CC(C)[C@H](N)CC(=O)C(C)(C)C. The number of rotatable bonds is 3. The van der Waals surface area contributed by atoms with Gasteiger partial charge in [0.15, 0.2) is 0 Å². The van der Waals surface area contributed by atoms with Crippen molar-refractivity contribution in [2.75, 3.05) is 0 Å². The third-order valence-corrected chi connectivity index (χ3v) is 2.11. The van der Waals surface area contributed by atoms with E-state index in [0.29, 0.717) is 12.3 Å². The average Bonchev–Trinajstić information content (AvgIpc) is 1.85. The number of nitrogens with two attached hydrogens (primary N) is 1. The zero-order chi connectivity index (χ0) is 9.94. The first-order chi connectivity index (χ1) is 5.25. The molecule has 0 aliphatic rings. The molecule has 0 saturated carbocycles. The maximum atomic E-state index is 11.5. The number of Topliss-reactive ketones (excluding diaryl/α,β-unsaturated/α-hetero) is 1. The molecule has 0 amide bonds. The van der Waals surface area contributed by atoms with Crippen LogP contribution < -0.4 is 5.73 Å². The molecule has 0 aromatic carbocycles. The summed E-state index contributed by atoms with van der Waals surface area (Å²) in [5.74, 6) is 0.639. The van der Waals surface area contributed by atoms with Crippen molar-refractivity contribution in [2.24, 2.45) is 17.1 Å². The molecule has 0 aromatic heterocycles. The Bertz CT molecular complexity index is 156. The van der Waals surface area contributed by atoms with Crippen LogP contribution in [0.4, 0.5) is 0 Å². The Balaban J connectivity index is 4.02. The lowest BCUT2D eigenvalue weighted by molar-refractivity contribution is -0.126. The van der Waals surface area contributed by atoms with Gasteiger partial charge in [-0.1, -0.05) is 34.6 Å². The van der Waals surface area contributed by atoms with Crippen molar-refractivity contribution in [1.82, 2.24) is 0 Å². The predicted octanol–water partition coefficient (Wildman–Crippen LogP) is 1.97. The number of carbonyl (C=O) groups excluding carboxylic acids is 1. The van der Waals surface area contributed by atoms with E-state index in [1.807, 2.05) is 34.6 Å². The second-order valence-electron chi connectivity index (χ2n) is 4.79. The van der Waals surface area contributed by atoms with Crippen molar-refractivity contribution in [3.63, 3.8) is 0 Å². The molecule has 2 nitrogen and oxygen atoms in total. The Hall–Kier alpha value is -0.370. The van der Waals surface area contributed by atoms with Crippen LogP contribution in [-0.2, 0) is 4.79 Å². The monoisotopic (exact) mass is 171 g/mol. The second-order valence-corrected chi connectivity index (χ2v) is 4.79. The maximum absolute atomic E-state index is 11.5. The van der Waals surface area contributed by atoms with E-state index in [1.54, 1.807) is 0 Å². The van der Waals surface area contributed by atoms with Crippen molar-refractivity contribution in [1.29, 1.82) is 0 Å². The Morgan fingerprint density at radius 2 is 1.75 bits per heavy atom. The fourth-order valence-corrected chi connectivity index (χ4v) is 0.756. The molecule has 0 aromatic rings. The van der Waals surface area contributed by atoms with E-state index in [0.717, 1.165) is 0 Å². The molecule has 0 aliphatic heterocycles. The topological polar surface area (TPSA) is 43.1 Å². The average molecular weight is 171 g/mol. The summed E-state index contributed by atoms with van der Waals surface area (Å²) in [5.41, 5.74) is 5.55. The quantitative estimate of drug-likeness (QED) is 0.705. The lowest BCUT2D eigenvalue weighted by atomic mass is 9.85. The molecule has 0 heterocycles. The summed E-state index contributed by atoms with van der Waals surface area (Å²) in [6.07, 6.45) is 0.501. The summed E-state index contributed by atoms with van der Waals surface area (Å²) < 4.78 is 0. The number of ketones is 1. The Morgan fingerprint density at radius 3 is 2.00 bits per heavy atom. The van der Waals surface area contributed by atoms with Gasteiger partial charge in [-0.2, -0.15) is 0 Å². The van der Waals surface area contributed by atoms with Crippen LogP contribution in [0.2, 0.25) is 0 Å². The van der Waals surface area contributed by atoms with Crippen molar-refractivity contribution in [2.45, 2.75) is 47.1 Å². The van der Waals surface area contributed by atoms with Gasteiger partial charge in [-0.3, -0.25) is 4.79 Å². The van der Waals surface area contributed by atoms with E-state index in [9.17, 15) is 4.79 Å². The molecule has 0 unspecified atom stereocenters. The van der Waals surface area contributed by atoms with E-state index in [2.05, 4.69) is 0 Å². The number of hydrogen-bond acceptors (Lipinski definition) is 2. The van der Waals surface area contributed by atoms with Crippen molar-refractivity contribution in [3.05, 3.63) is 0 Å². The normalized spacial score (nSPS) is 14.9. The van der Waals surface area contributed by atoms with Crippen LogP contribution in [0.15, 0.2) is 0 Å². The van der Waals surface area contributed by atoms with Crippen molar-refractivity contribution >= 4 is 5.78 Å². The van der Waals surface area contributed by atoms with Crippen LogP contribution in [0.3, 0.4) is 0 Å². The lowest BCUT2D eigenvalue weighted by Crippen LogP contribution is -2.33. The predicted molar refractivity (Wildman–Crippen MR) is 51.9 cm³/mol. The van der Waals surface area contributed by atoms with Gasteiger partial charge in [0.2, 0.25) is 0 Å². The largest absolute Gasteiger partial charge is 0.327 e. The van der Waals surface area contributed by atoms with Gasteiger partial charge in [0.05, 0.1) is 0 Å². The van der Waals surface area contributed by atoms with Crippen LogP contribution in [0, 0.1) is 11.3 Å². The van der Waals surface area contributed by atoms with Gasteiger partial charge in [-0.25, -0.2) is 0 Å². The molecule has 2 N–H and O–H groups in total.